The molecule has 0 aromatic heterocycles. The van der Waals surface area contributed by atoms with Crippen LogP contribution in [0.3, 0.4) is 0 Å². The number of halogens is 1. The molecule has 1 atom stereocenters. The second-order valence-electron chi connectivity index (χ2n) is 6.82. The van der Waals surface area contributed by atoms with Crippen LogP contribution >= 0.6 is 12.4 Å². The molecule has 1 aliphatic heterocycles. The maximum atomic E-state index is 12.0. The molecule has 2 aromatic carbocycles. The second kappa shape index (κ2) is 10.3. The van der Waals surface area contributed by atoms with Gasteiger partial charge in [-0.05, 0) is 55.0 Å². The monoisotopic (exact) mass is 390 g/mol. The predicted molar refractivity (Wildman–Crippen MR) is 108 cm³/mol. The van der Waals surface area contributed by atoms with Gasteiger partial charge in [0.15, 0.2) is 0 Å². The Labute approximate surface area is 166 Å². The molecule has 0 saturated carbocycles. The molecule has 0 unspecified atom stereocenters. The maximum absolute atomic E-state index is 12.0. The summed E-state index contributed by atoms with van der Waals surface area (Å²) in [5.41, 5.74) is 6.90. The molecule has 6 heteroatoms. The Bertz CT molecular complexity index is 701. The number of hydrogen-bond acceptors (Lipinski definition) is 4. The molecule has 0 aliphatic carbocycles. The van der Waals surface area contributed by atoms with E-state index in [4.69, 9.17) is 15.6 Å². The highest BCUT2D eigenvalue weighted by Gasteiger charge is 2.25. The van der Waals surface area contributed by atoms with E-state index >= 15 is 0 Å². The molecule has 1 fully saturated rings. The Morgan fingerprint density at radius 3 is 2.26 bits per heavy atom. The van der Waals surface area contributed by atoms with Crippen molar-refractivity contribution in [1.82, 2.24) is 4.90 Å². The summed E-state index contributed by atoms with van der Waals surface area (Å²) in [5, 5.41) is 9.02. The van der Waals surface area contributed by atoms with Gasteiger partial charge in [0.1, 0.15) is 17.5 Å². The number of carbonyl (C=O) groups excluding carboxylic acids is 1. The third-order valence-corrected chi connectivity index (χ3v) is 4.87. The van der Waals surface area contributed by atoms with Crippen LogP contribution in [-0.2, 0) is 11.2 Å². The molecule has 146 valence electrons. The Hall–Kier alpha value is -2.08. The molecule has 0 spiro atoms. The average Bonchev–Trinajstić information content (AvgIpc) is 2.70. The molecule has 2 aromatic rings. The van der Waals surface area contributed by atoms with Crippen LogP contribution in [0.4, 0.5) is 0 Å². The van der Waals surface area contributed by atoms with Gasteiger partial charge in [-0.2, -0.15) is 0 Å². The summed E-state index contributed by atoms with van der Waals surface area (Å²) in [7, 11) is 0. The minimum atomic E-state index is -0.788. The number of para-hydroxylation sites is 1. The van der Waals surface area contributed by atoms with Gasteiger partial charge in [0, 0.05) is 13.1 Å². The standard InChI is InChI=1S/C21H26N2O3.ClH/c22-20(15-24)21(25)23-12-10-17(11-13-23)14-16-6-8-19(9-7-16)26-18-4-2-1-3-5-18;/h1-9,17,20,24H,10-15,22H2;1H/t20-;/m1./s1. The Kier molecular flexibility index (Phi) is 8.10. The lowest BCUT2D eigenvalue weighted by atomic mass is 9.90. The van der Waals surface area contributed by atoms with Crippen LogP contribution in [0.1, 0.15) is 18.4 Å². The zero-order chi connectivity index (χ0) is 18.4. The maximum Gasteiger partial charge on any atom is 0.241 e. The van der Waals surface area contributed by atoms with Gasteiger partial charge < -0.3 is 20.5 Å². The molecule has 1 aliphatic rings. The quantitative estimate of drug-likeness (QED) is 0.795. The van der Waals surface area contributed by atoms with Crippen molar-refractivity contribution < 1.29 is 14.6 Å². The molecule has 1 amide bonds. The lowest BCUT2D eigenvalue weighted by molar-refractivity contribution is -0.134. The Balaban J connectivity index is 0.00000261. The fourth-order valence-corrected chi connectivity index (χ4v) is 3.32. The van der Waals surface area contributed by atoms with Crippen molar-refractivity contribution in [1.29, 1.82) is 0 Å². The van der Waals surface area contributed by atoms with Crippen LogP contribution in [-0.4, -0.2) is 41.7 Å². The van der Waals surface area contributed by atoms with Crippen molar-refractivity contribution in [3.8, 4) is 11.5 Å². The lowest BCUT2D eigenvalue weighted by Crippen LogP contribution is -2.48. The van der Waals surface area contributed by atoms with Crippen LogP contribution in [0, 0.1) is 5.92 Å². The highest BCUT2D eigenvalue weighted by Crippen LogP contribution is 2.25. The predicted octanol–water partition coefficient (Wildman–Crippen LogP) is 3.00. The van der Waals surface area contributed by atoms with Crippen molar-refractivity contribution in [2.45, 2.75) is 25.3 Å². The SMILES string of the molecule is Cl.N[C@H](CO)C(=O)N1CCC(Cc2ccc(Oc3ccccc3)cc2)CC1. The van der Waals surface area contributed by atoms with Gasteiger partial charge >= 0.3 is 0 Å². The van der Waals surface area contributed by atoms with Crippen LogP contribution in [0.15, 0.2) is 54.6 Å². The van der Waals surface area contributed by atoms with Crippen LogP contribution in [0.5, 0.6) is 11.5 Å². The van der Waals surface area contributed by atoms with E-state index in [1.165, 1.54) is 5.56 Å². The van der Waals surface area contributed by atoms with Gasteiger partial charge in [0.25, 0.3) is 0 Å². The zero-order valence-corrected chi connectivity index (χ0v) is 16.1. The first-order valence-electron chi connectivity index (χ1n) is 9.13. The molecule has 3 N–H and O–H groups in total. The van der Waals surface area contributed by atoms with Gasteiger partial charge in [0.05, 0.1) is 6.61 Å². The number of ether oxygens (including phenoxy) is 1. The van der Waals surface area contributed by atoms with E-state index in [0.717, 1.165) is 30.8 Å². The number of hydrogen-bond donors (Lipinski definition) is 2. The largest absolute Gasteiger partial charge is 0.457 e. The van der Waals surface area contributed by atoms with Crippen molar-refractivity contribution in [3.63, 3.8) is 0 Å². The van der Waals surface area contributed by atoms with Gasteiger partial charge in [-0.3, -0.25) is 4.79 Å². The number of likely N-dealkylation sites (tertiary alicyclic amines) is 1. The first-order chi connectivity index (χ1) is 12.7. The summed E-state index contributed by atoms with van der Waals surface area (Å²) in [6, 6.07) is 17.2. The molecule has 1 heterocycles. The van der Waals surface area contributed by atoms with E-state index in [9.17, 15) is 4.79 Å². The highest BCUT2D eigenvalue weighted by atomic mass is 35.5. The summed E-state index contributed by atoms with van der Waals surface area (Å²) in [6.45, 7) is 1.13. The third-order valence-electron chi connectivity index (χ3n) is 4.87. The van der Waals surface area contributed by atoms with E-state index in [0.29, 0.717) is 19.0 Å². The van der Waals surface area contributed by atoms with Crippen LogP contribution in [0.25, 0.3) is 0 Å². The summed E-state index contributed by atoms with van der Waals surface area (Å²) < 4.78 is 5.82. The summed E-state index contributed by atoms with van der Waals surface area (Å²) in [6.07, 6.45) is 2.93. The van der Waals surface area contributed by atoms with E-state index in [1.54, 1.807) is 4.90 Å². The average molecular weight is 391 g/mol. The van der Waals surface area contributed by atoms with E-state index < -0.39 is 6.04 Å². The van der Waals surface area contributed by atoms with E-state index in [-0.39, 0.29) is 24.9 Å². The van der Waals surface area contributed by atoms with E-state index in [2.05, 4.69) is 12.1 Å². The Morgan fingerprint density at radius 1 is 1.07 bits per heavy atom. The topological polar surface area (TPSA) is 75.8 Å². The number of aliphatic hydroxyl groups is 1. The molecule has 3 rings (SSSR count). The second-order valence-corrected chi connectivity index (χ2v) is 6.82. The number of rotatable bonds is 6. The summed E-state index contributed by atoms with van der Waals surface area (Å²) >= 11 is 0. The van der Waals surface area contributed by atoms with Gasteiger partial charge in [-0.15, -0.1) is 12.4 Å². The lowest BCUT2D eigenvalue weighted by Gasteiger charge is -2.33. The zero-order valence-electron chi connectivity index (χ0n) is 15.3. The van der Waals surface area contributed by atoms with Crippen molar-refractivity contribution in [2.24, 2.45) is 11.7 Å². The third kappa shape index (κ3) is 5.96. The molecule has 0 radical (unpaired) electrons. The first-order valence-corrected chi connectivity index (χ1v) is 9.13. The van der Waals surface area contributed by atoms with Gasteiger partial charge in [0.2, 0.25) is 5.91 Å². The van der Waals surface area contributed by atoms with Crippen LogP contribution < -0.4 is 10.5 Å². The minimum Gasteiger partial charge on any atom is -0.457 e. The van der Waals surface area contributed by atoms with E-state index in [1.807, 2.05) is 42.5 Å². The van der Waals surface area contributed by atoms with Crippen molar-refractivity contribution in [3.05, 3.63) is 60.2 Å². The number of nitrogens with two attached hydrogens (primary N) is 1. The molecular formula is C21H27ClN2O3. The number of aliphatic hydroxyl groups excluding tert-OH is 1. The van der Waals surface area contributed by atoms with Gasteiger partial charge in [-0.1, -0.05) is 30.3 Å². The number of benzene rings is 2. The number of amides is 1. The molecule has 5 nitrogen and oxygen atoms in total. The normalized spacial score (nSPS) is 15.7. The molecule has 27 heavy (non-hydrogen) atoms. The fourth-order valence-electron chi connectivity index (χ4n) is 3.32. The molecular weight excluding hydrogens is 364 g/mol. The van der Waals surface area contributed by atoms with Crippen molar-refractivity contribution in [2.75, 3.05) is 19.7 Å². The fraction of sp³-hybridized carbons (Fsp3) is 0.381. The minimum absolute atomic E-state index is 0. The van der Waals surface area contributed by atoms with Crippen molar-refractivity contribution >= 4 is 18.3 Å². The first kappa shape index (κ1) is 21.2. The smallest absolute Gasteiger partial charge is 0.241 e. The highest BCUT2D eigenvalue weighted by molar-refractivity contribution is 5.85. The Morgan fingerprint density at radius 2 is 1.67 bits per heavy atom. The van der Waals surface area contributed by atoms with Crippen LogP contribution in [0.2, 0.25) is 0 Å². The summed E-state index contributed by atoms with van der Waals surface area (Å²) in [4.78, 5) is 13.8. The number of piperidine rings is 1. The summed E-state index contributed by atoms with van der Waals surface area (Å²) in [5.74, 6) is 2.08. The van der Waals surface area contributed by atoms with Gasteiger partial charge in [-0.25, -0.2) is 0 Å². The number of nitrogens with zero attached hydrogens (tertiary/aromatic N) is 1. The molecule has 1 saturated heterocycles. The molecule has 0 bridgehead atoms. The number of carbonyl (C=O) groups is 1.